The minimum absolute atomic E-state index is 0.416. The fourth-order valence-electron chi connectivity index (χ4n) is 2.93. The Bertz CT molecular complexity index is 626. The van der Waals surface area contributed by atoms with Crippen LogP contribution >= 0.6 is 0 Å². The van der Waals surface area contributed by atoms with E-state index in [0.717, 1.165) is 36.8 Å². The number of amides is 1. The molecule has 1 aromatic carbocycles. The van der Waals surface area contributed by atoms with E-state index in [4.69, 9.17) is 5.73 Å². The predicted molar refractivity (Wildman–Crippen MR) is 74.1 cm³/mol. The number of rotatable bonds is 2. The highest BCUT2D eigenvalue weighted by atomic mass is 16.1. The first-order chi connectivity index (χ1) is 9.16. The van der Waals surface area contributed by atoms with Crippen LogP contribution in [0, 0.1) is 0 Å². The molecule has 0 bridgehead atoms. The molecule has 5 heteroatoms. The molecule has 0 saturated carbocycles. The molecule has 3 N–H and O–H groups in total. The molecule has 2 aromatic rings. The topological polar surface area (TPSA) is 72.9 Å². The Kier molecular flexibility index (Phi) is 2.98. The fourth-order valence-corrected chi connectivity index (χ4v) is 2.93. The first kappa shape index (κ1) is 12.2. The van der Waals surface area contributed by atoms with E-state index >= 15 is 0 Å². The number of fused-ring (bicyclic) bond motifs is 1. The third-order valence-electron chi connectivity index (χ3n) is 3.87. The van der Waals surface area contributed by atoms with Gasteiger partial charge in [-0.2, -0.15) is 5.10 Å². The third kappa shape index (κ3) is 2.10. The minimum Gasteiger partial charge on any atom is -0.366 e. The molecular formula is C14H18N4O. The van der Waals surface area contributed by atoms with Crippen molar-refractivity contribution in [1.29, 1.82) is 0 Å². The molecule has 1 saturated heterocycles. The molecule has 1 fully saturated rings. The third-order valence-corrected chi connectivity index (χ3v) is 3.87. The molecule has 3 rings (SSSR count). The summed E-state index contributed by atoms with van der Waals surface area (Å²) in [5.41, 5.74) is 7.94. The van der Waals surface area contributed by atoms with Crippen LogP contribution in [0.3, 0.4) is 0 Å². The van der Waals surface area contributed by atoms with Crippen LogP contribution in [-0.4, -0.2) is 28.8 Å². The quantitative estimate of drug-likeness (QED) is 0.848. The Morgan fingerprint density at radius 2 is 2.16 bits per heavy atom. The number of benzene rings is 1. The highest BCUT2D eigenvalue weighted by Crippen LogP contribution is 2.32. The molecule has 1 amide bonds. The van der Waals surface area contributed by atoms with Crippen LogP contribution < -0.4 is 11.1 Å². The Balaban J connectivity index is 2.15. The van der Waals surface area contributed by atoms with Gasteiger partial charge in [0.05, 0.1) is 5.56 Å². The molecule has 1 aromatic heterocycles. The zero-order chi connectivity index (χ0) is 13.4. The van der Waals surface area contributed by atoms with Crippen LogP contribution in [0.25, 0.3) is 10.9 Å². The van der Waals surface area contributed by atoms with E-state index in [-0.39, 0.29) is 0 Å². The lowest BCUT2D eigenvalue weighted by atomic mass is 9.87. The molecule has 1 aliphatic rings. The molecule has 1 aliphatic heterocycles. The van der Waals surface area contributed by atoms with Gasteiger partial charge in [0, 0.05) is 18.6 Å². The molecule has 100 valence electrons. The number of aromatic nitrogens is 2. The lowest BCUT2D eigenvalue weighted by molar-refractivity contribution is 0.100. The average Bonchev–Trinajstić information content (AvgIpc) is 2.79. The predicted octanol–water partition coefficient (Wildman–Crippen LogP) is 1.14. The summed E-state index contributed by atoms with van der Waals surface area (Å²) in [6.07, 6.45) is 4.24. The van der Waals surface area contributed by atoms with Crippen LogP contribution in [-0.2, 0) is 7.05 Å². The molecule has 2 heterocycles. The van der Waals surface area contributed by atoms with E-state index in [2.05, 4.69) is 10.4 Å². The molecule has 0 aliphatic carbocycles. The van der Waals surface area contributed by atoms with Gasteiger partial charge in [0.25, 0.3) is 5.91 Å². The van der Waals surface area contributed by atoms with Crippen molar-refractivity contribution in [3.63, 3.8) is 0 Å². The van der Waals surface area contributed by atoms with Crippen molar-refractivity contribution < 1.29 is 4.79 Å². The number of nitrogens with one attached hydrogen (secondary N) is 1. The number of hydrogen-bond acceptors (Lipinski definition) is 3. The monoisotopic (exact) mass is 258 g/mol. The number of carbonyl (C=O) groups is 1. The zero-order valence-electron chi connectivity index (χ0n) is 11.0. The summed E-state index contributed by atoms with van der Waals surface area (Å²) < 4.78 is 1.75. The van der Waals surface area contributed by atoms with Crippen molar-refractivity contribution in [3.05, 3.63) is 29.5 Å². The van der Waals surface area contributed by atoms with Crippen LogP contribution in [0.15, 0.2) is 18.3 Å². The van der Waals surface area contributed by atoms with Crippen molar-refractivity contribution in [2.24, 2.45) is 12.8 Å². The standard InChI is InChI=1S/C14H18N4O/c1-18-8-12-10(9-4-6-16-7-5-9)2-3-11(14(15)19)13(12)17-18/h2-3,8-9,16H,4-7H2,1H3,(H2,15,19). The van der Waals surface area contributed by atoms with Crippen LogP contribution in [0.5, 0.6) is 0 Å². The maximum atomic E-state index is 11.5. The van der Waals surface area contributed by atoms with Gasteiger partial charge in [-0.25, -0.2) is 0 Å². The molecule has 5 nitrogen and oxygen atoms in total. The summed E-state index contributed by atoms with van der Waals surface area (Å²) in [5, 5.41) is 8.82. The second kappa shape index (κ2) is 4.66. The SMILES string of the molecule is Cn1cc2c(C3CCNCC3)ccc(C(N)=O)c2n1. The van der Waals surface area contributed by atoms with E-state index in [1.807, 2.05) is 25.4 Å². The molecule has 0 spiro atoms. The summed E-state index contributed by atoms with van der Waals surface area (Å²) in [5.74, 6) is 0.121. The highest BCUT2D eigenvalue weighted by Gasteiger charge is 2.20. The minimum atomic E-state index is -0.416. The normalized spacial score (nSPS) is 16.9. The molecule has 0 unspecified atom stereocenters. The van der Waals surface area contributed by atoms with E-state index in [9.17, 15) is 4.79 Å². The summed E-state index contributed by atoms with van der Waals surface area (Å²) >= 11 is 0. The van der Waals surface area contributed by atoms with Crippen LogP contribution in [0.2, 0.25) is 0 Å². The van der Waals surface area contributed by atoms with E-state index in [1.54, 1.807) is 4.68 Å². The number of primary amides is 1. The van der Waals surface area contributed by atoms with Gasteiger partial charge in [-0.1, -0.05) is 6.07 Å². The zero-order valence-corrected chi connectivity index (χ0v) is 11.0. The maximum Gasteiger partial charge on any atom is 0.250 e. The lowest BCUT2D eigenvalue weighted by Crippen LogP contribution is -2.26. The fraction of sp³-hybridized carbons (Fsp3) is 0.429. The second-order valence-corrected chi connectivity index (χ2v) is 5.16. The van der Waals surface area contributed by atoms with E-state index < -0.39 is 5.91 Å². The van der Waals surface area contributed by atoms with Crippen LogP contribution in [0.4, 0.5) is 0 Å². The average molecular weight is 258 g/mol. The first-order valence-corrected chi connectivity index (χ1v) is 6.63. The summed E-state index contributed by atoms with van der Waals surface area (Å²) in [6, 6.07) is 3.86. The van der Waals surface area contributed by atoms with E-state index in [0.29, 0.717) is 11.5 Å². The van der Waals surface area contributed by atoms with Gasteiger partial charge in [0.2, 0.25) is 0 Å². The number of aryl methyl sites for hydroxylation is 1. The van der Waals surface area contributed by atoms with Gasteiger partial charge < -0.3 is 11.1 Å². The summed E-state index contributed by atoms with van der Waals surface area (Å²) in [6.45, 7) is 2.09. The number of nitrogens with two attached hydrogens (primary N) is 1. The smallest absolute Gasteiger partial charge is 0.250 e. The van der Waals surface area contributed by atoms with Crippen molar-refractivity contribution in [2.45, 2.75) is 18.8 Å². The largest absolute Gasteiger partial charge is 0.366 e. The molecule has 0 radical (unpaired) electrons. The molecular weight excluding hydrogens is 240 g/mol. The van der Waals surface area contributed by atoms with Gasteiger partial charge in [-0.3, -0.25) is 9.48 Å². The van der Waals surface area contributed by atoms with Crippen molar-refractivity contribution in [1.82, 2.24) is 15.1 Å². The van der Waals surface area contributed by atoms with Gasteiger partial charge in [0.1, 0.15) is 5.52 Å². The Morgan fingerprint density at radius 1 is 1.42 bits per heavy atom. The molecule has 19 heavy (non-hydrogen) atoms. The maximum absolute atomic E-state index is 11.5. The Morgan fingerprint density at radius 3 is 2.84 bits per heavy atom. The van der Waals surface area contributed by atoms with Gasteiger partial charge in [-0.15, -0.1) is 0 Å². The van der Waals surface area contributed by atoms with Crippen molar-refractivity contribution in [3.8, 4) is 0 Å². The van der Waals surface area contributed by atoms with Crippen LogP contribution in [0.1, 0.15) is 34.7 Å². The lowest BCUT2D eigenvalue weighted by Gasteiger charge is -2.23. The Labute approximate surface area is 111 Å². The summed E-state index contributed by atoms with van der Waals surface area (Å²) in [7, 11) is 1.87. The van der Waals surface area contributed by atoms with Crippen molar-refractivity contribution in [2.75, 3.05) is 13.1 Å². The number of nitrogens with zero attached hydrogens (tertiary/aromatic N) is 2. The van der Waals surface area contributed by atoms with E-state index in [1.165, 1.54) is 5.56 Å². The molecule has 0 atom stereocenters. The van der Waals surface area contributed by atoms with Gasteiger partial charge >= 0.3 is 0 Å². The summed E-state index contributed by atoms with van der Waals surface area (Å²) in [4.78, 5) is 11.5. The van der Waals surface area contributed by atoms with Gasteiger partial charge in [0.15, 0.2) is 0 Å². The number of hydrogen-bond donors (Lipinski definition) is 2. The highest BCUT2D eigenvalue weighted by molar-refractivity contribution is 6.05. The Hall–Kier alpha value is -1.88. The number of carbonyl (C=O) groups excluding carboxylic acids is 1. The van der Waals surface area contributed by atoms with Crippen molar-refractivity contribution >= 4 is 16.8 Å². The number of piperidine rings is 1. The first-order valence-electron chi connectivity index (χ1n) is 6.63. The second-order valence-electron chi connectivity index (χ2n) is 5.16. The van der Waals surface area contributed by atoms with Gasteiger partial charge in [-0.05, 0) is 43.5 Å².